The van der Waals surface area contributed by atoms with E-state index >= 15 is 0 Å². The molecule has 5 nitrogen and oxygen atoms in total. The number of hydrogen-bond donors (Lipinski definition) is 1. The first-order chi connectivity index (χ1) is 14.9. The van der Waals surface area contributed by atoms with Gasteiger partial charge in [-0.2, -0.15) is 0 Å². The van der Waals surface area contributed by atoms with E-state index in [0.29, 0.717) is 18.2 Å². The molecule has 31 heavy (non-hydrogen) atoms. The average molecular weight is 423 g/mol. The Hall–Kier alpha value is -2.21. The summed E-state index contributed by atoms with van der Waals surface area (Å²) in [6.45, 7) is 14.6. The van der Waals surface area contributed by atoms with Crippen molar-refractivity contribution in [2.75, 3.05) is 39.8 Å². The molecular weight excluding hydrogens is 384 g/mol. The van der Waals surface area contributed by atoms with Crippen LogP contribution in [-0.4, -0.2) is 66.4 Å². The van der Waals surface area contributed by atoms with E-state index in [2.05, 4.69) is 84.2 Å². The smallest absolute Gasteiger partial charge is 0.251 e. The fourth-order valence-corrected chi connectivity index (χ4v) is 3.97. The van der Waals surface area contributed by atoms with Crippen LogP contribution in [-0.2, 0) is 19.6 Å². The van der Waals surface area contributed by atoms with Gasteiger partial charge in [-0.3, -0.25) is 14.6 Å². The highest BCUT2D eigenvalue weighted by Gasteiger charge is 2.14. The molecule has 1 saturated heterocycles. The van der Waals surface area contributed by atoms with Crippen molar-refractivity contribution in [3.05, 3.63) is 70.8 Å². The van der Waals surface area contributed by atoms with Gasteiger partial charge in [0.1, 0.15) is 0 Å². The van der Waals surface area contributed by atoms with Gasteiger partial charge in [-0.15, -0.1) is 0 Å². The Balaban J connectivity index is 1.46. The van der Waals surface area contributed by atoms with E-state index in [0.717, 1.165) is 51.4 Å². The highest BCUT2D eigenvalue weighted by atomic mass is 16.1. The van der Waals surface area contributed by atoms with Gasteiger partial charge in [0, 0.05) is 57.4 Å². The van der Waals surface area contributed by atoms with Crippen molar-refractivity contribution < 1.29 is 4.79 Å². The number of amides is 1. The Labute approximate surface area is 188 Å². The highest BCUT2D eigenvalue weighted by molar-refractivity contribution is 5.94. The van der Waals surface area contributed by atoms with Crippen LogP contribution in [0.5, 0.6) is 0 Å². The van der Waals surface area contributed by atoms with Crippen LogP contribution in [0.4, 0.5) is 0 Å². The van der Waals surface area contributed by atoms with Gasteiger partial charge in [-0.05, 0) is 56.3 Å². The molecule has 1 heterocycles. The maximum atomic E-state index is 12.5. The zero-order valence-corrected chi connectivity index (χ0v) is 19.6. The van der Waals surface area contributed by atoms with Gasteiger partial charge in [-0.25, -0.2) is 0 Å². The van der Waals surface area contributed by atoms with Gasteiger partial charge < -0.3 is 10.2 Å². The summed E-state index contributed by atoms with van der Waals surface area (Å²) in [6.07, 6.45) is 0. The maximum Gasteiger partial charge on any atom is 0.251 e. The molecule has 0 saturated carbocycles. The van der Waals surface area contributed by atoms with E-state index in [-0.39, 0.29) is 5.91 Å². The Morgan fingerprint density at radius 3 is 2.10 bits per heavy atom. The molecule has 5 heteroatoms. The van der Waals surface area contributed by atoms with Crippen LogP contribution in [0.3, 0.4) is 0 Å². The average Bonchev–Trinajstić information content (AvgIpc) is 2.78. The summed E-state index contributed by atoms with van der Waals surface area (Å²) >= 11 is 0. The molecule has 1 fully saturated rings. The molecule has 1 amide bonds. The normalized spacial score (nSPS) is 15.5. The van der Waals surface area contributed by atoms with Crippen molar-refractivity contribution in [2.45, 2.75) is 46.4 Å². The summed E-state index contributed by atoms with van der Waals surface area (Å²) in [5, 5.41) is 3.05. The summed E-state index contributed by atoms with van der Waals surface area (Å²) in [4.78, 5) is 19.8. The Kier molecular flexibility index (Phi) is 8.64. The van der Waals surface area contributed by atoms with Crippen LogP contribution in [0, 0.1) is 0 Å². The summed E-state index contributed by atoms with van der Waals surface area (Å²) in [7, 11) is 2.18. The van der Waals surface area contributed by atoms with Crippen molar-refractivity contribution in [2.24, 2.45) is 0 Å². The lowest BCUT2D eigenvalue weighted by atomic mass is 10.1. The second-order valence-corrected chi connectivity index (χ2v) is 8.93. The van der Waals surface area contributed by atoms with Crippen molar-refractivity contribution >= 4 is 5.91 Å². The summed E-state index contributed by atoms with van der Waals surface area (Å²) in [5.41, 5.74) is 4.41. The minimum atomic E-state index is -0.0238. The molecule has 0 aromatic heterocycles. The van der Waals surface area contributed by atoms with E-state index in [1.165, 1.54) is 11.1 Å². The summed E-state index contributed by atoms with van der Waals surface area (Å²) in [5.74, 6) is -0.0238. The molecular formula is C26H38N4O. The second kappa shape index (κ2) is 11.4. The first kappa shape index (κ1) is 23.5. The molecule has 0 unspecified atom stereocenters. The topological polar surface area (TPSA) is 38.8 Å². The quantitative estimate of drug-likeness (QED) is 0.670. The molecule has 0 atom stereocenters. The zero-order chi connectivity index (χ0) is 22.2. The molecule has 1 aliphatic heterocycles. The summed E-state index contributed by atoms with van der Waals surface area (Å²) < 4.78 is 0. The van der Waals surface area contributed by atoms with Gasteiger partial charge in [-0.1, -0.05) is 43.3 Å². The third-order valence-electron chi connectivity index (χ3n) is 6.22. The standard InChI is InChI=1S/C26H38N4O/c1-5-30(21(2)3)20-24-10-12-25(13-11-24)26(31)27-18-22-6-8-23(9-7-22)19-29-16-14-28(4)15-17-29/h6-13,21H,5,14-20H2,1-4H3,(H,27,31). The molecule has 2 aromatic rings. The number of benzene rings is 2. The predicted molar refractivity (Wildman–Crippen MR) is 128 cm³/mol. The molecule has 0 spiro atoms. The summed E-state index contributed by atoms with van der Waals surface area (Å²) in [6, 6.07) is 17.1. The number of piperazine rings is 1. The number of carbonyl (C=O) groups is 1. The predicted octanol–water partition coefficient (Wildman–Crippen LogP) is 3.59. The minimum absolute atomic E-state index is 0.0238. The largest absolute Gasteiger partial charge is 0.348 e. The number of nitrogens with zero attached hydrogens (tertiary/aromatic N) is 3. The number of nitrogens with one attached hydrogen (secondary N) is 1. The number of rotatable bonds is 9. The van der Waals surface area contributed by atoms with Crippen LogP contribution in [0.15, 0.2) is 48.5 Å². The van der Waals surface area contributed by atoms with Gasteiger partial charge in [0.25, 0.3) is 5.91 Å². The fourth-order valence-electron chi connectivity index (χ4n) is 3.97. The highest BCUT2D eigenvalue weighted by Crippen LogP contribution is 2.12. The molecule has 0 aliphatic carbocycles. The van der Waals surface area contributed by atoms with E-state index in [1.54, 1.807) is 0 Å². The first-order valence-corrected chi connectivity index (χ1v) is 11.5. The first-order valence-electron chi connectivity index (χ1n) is 11.5. The molecule has 0 bridgehead atoms. The second-order valence-electron chi connectivity index (χ2n) is 8.93. The SMILES string of the molecule is CCN(Cc1ccc(C(=O)NCc2ccc(CN3CCN(C)CC3)cc2)cc1)C(C)C. The van der Waals surface area contributed by atoms with Crippen molar-refractivity contribution in [1.82, 2.24) is 20.0 Å². The van der Waals surface area contributed by atoms with Crippen LogP contribution in [0.2, 0.25) is 0 Å². The van der Waals surface area contributed by atoms with Gasteiger partial charge in [0.2, 0.25) is 0 Å². The third kappa shape index (κ3) is 7.17. The van der Waals surface area contributed by atoms with Crippen LogP contribution < -0.4 is 5.32 Å². The number of carbonyl (C=O) groups excluding carboxylic acids is 1. The van der Waals surface area contributed by atoms with E-state index in [1.807, 2.05) is 12.1 Å². The molecule has 168 valence electrons. The molecule has 2 aromatic carbocycles. The molecule has 1 aliphatic rings. The Bertz CT molecular complexity index is 808. The fraction of sp³-hybridized carbons (Fsp3) is 0.500. The minimum Gasteiger partial charge on any atom is -0.348 e. The molecule has 1 N–H and O–H groups in total. The van der Waals surface area contributed by atoms with Crippen LogP contribution in [0.25, 0.3) is 0 Å². The van der Waals surface area contributed by atoms with Crippen molar-refractivity contribution in [3.63, 3.8) is 0 Å². The number of hydrogen-bond acceptors (Lipinski definition) is 4. The van der Waals surface area contributed by atoms with Crippen molar-refractivity contribution in [3.8, 4) is 0 Å². The monoisotopic (exact) mass is 422 g/mol. The van der Waals surface area contributed by atoms with E-state index < -0.39 is 0 Å². The Morgan fingerprint density at radius 1 is 0.935 bits per heavy atom. The molecule has 3 rings (SSSR count). The van der Waals surface area contributed by atoms with Gasteiger partial charge >= 0.3 is 0 Å². The van der Waals surface area contributed by atoms with Crippen LogP contribution in [0.1, 0.15) is 47.8 Å². The van der Waals surface area contributed by atoms with Crippen molar-refractivity contribution in [1.29, 1.82) is 0 Å². The Morgan fingerprint density at radius 2 is 1.52 bits per heavy atom. The molecule has 0 radical (unpaired) electrons. The van der Waals surface area contributed by atoms with E-state index in [9.17, 15) is 4.79 Å². The number of likely N-dealkylation sites (N-methyl/N-ethyl adjacent to an activating group) is 1. The maximum absolute atomic E-state index is 12.5. The van der Waals surface area contributed by atoms with E-state index in [4.69, 9.17) is 0 Å². The third-order valence-corrected chi connectivity index (χ3v) is 6.22. The van der Waals surface area contributed by atoms with Gasteiger partial charge in [0.05, 0.1) is 0 Å². The van der Waals surface area contributed by atoms with Gasteiger partial charge in [0.15, 0.2) is 0 Å². The lowest BCUT2D eigenvalue weighted by Gasteiger charge is -2.32. The van der Waals surface area contributed by atoms with Crippen LogP contribution >= 0.6 is 0 Å². The zero-order valence-electron chi connectivity index (χ0n) is 19.6. The lowest BCUT2D eigenvalue weighted by Crippen LogP contribution is -2.43. The lowest BCUT2D eigenvalue weighted by molar-refractivity contribution is 0.0951.